The van der Waals surface area contributed by atoms with Crippen LogP contribution >= 0.6 is 0 Å². The van der Waals surface area contributed by atoms with Crippen LogP contribution in [0, 0.1) is 17.3 Å². The fraction of sp³-hybridized carbons (Fsp3) is 0.565. The Morgan fingerprint density at radius 1 is 1.12 bits per heavy atom. The molecule has 0 aromatic heterocycles. The van der Waals surface area contributed by atoms with Crippen molar-refractivity contribution in [1.29, 1.82) is 0 Å². The van der Waals surface area contributed by atoms with E-state index in [0.717, 1.165) is 38.0 Å². The van der Waals surface area contributed by atoms with Crippen LogP contribution in [-0.4, -0.2) is 32.5 Å². The van der Waals surface area contributed by atoms with Crippen molar-refractivity contribution in [2.45, 2.75) is 38.7 Å². The van der Waals surface area contributed by atoms with Crippen LogP contribution in [0.1, 0.15) is 44.3 Å². The van der Waals surface area contributed by atoms with Crippen LogP contribution < -0.4 is 0 Å². The lowest BCUT2D eigenvalue weighted by Gasteiger charge is -2.27. The topological polar surface area (TPSA) is 38.7 Å². The molecule has 1 aromatic carbocycles. The Kier molecular flexibility index (Phi) is 8.56. The predicted molar refractivity (Wildman–Crippen MR) is 107 cm³/mol. The summed E-state index contributed by atoms with van der Waals surface area (Å²) >= 11 is 0. The Bertz CT molecular complexity index is 558. The van der Waals surface area contributed by atoms with E-state index in [2.05, 4.69) is 31.2 Å². The molecule has 144 valence electrons. The molecule has 1 saturated carbocycles. The first-order valence-corrected chi connectivity index (χ1v) is 9.63. The van der Waals surface area contributed by atoms with Crippen molar-refractivity contribution in [3.8, 4) is 0 Å². The molecule has 0 heterocycles. The van der Waals surface area contributed by atoms with Crippen molar-refractivity contribution in [2.24, 2.45) is 17.3 Å². The number of hydrogen-bond donors (Lipinski definition) is 1. The van der Waals surface area contributed by atoms with Crippen molar-refractivity contribution >= 4 is 0 Å². The molecule has 3 unspecified atom stereocenters. The van der Waals surface area contributed by atoms with Gasteiger partial charge in [0.25, 0.3) is 0 Å². The van der Waals surface area contributed by atoms with Gasteiger partial charge in [0.1, 0.15) is 0 Å². The summed E-state index contributed by atoms with van der Waals surface area (Å²) in [4.78, 5) is 0. The molecule has 3 nitrogen and oxygen atoms in total. The van der Waals surface area contributed by atoms with Crippen LogP contribution in [0.4, 0.5) is 0 Å². The molecule has 3 heteroatoms. The summed E-state index contributed by atoms with van der Waals surface area (Å²) in [5, 5.41) is 10.3. The van der Waals surface area contributed by atoms with Crippen molar-refractivity contribution in [1.82, 2.24) is 0 Å². The van der Waals surface area contributed by atoms with Gasteiger partial charge in [-0.25, -0.2) is 0 Å². The van der Waals surface area contributed by atoms with E-state index in [0.29, 0.717) is 18.3 Å². The van der Waals surface area contributed by atoms with Crippen molar-refractivity contribution in [2.75, 3.05) is 27.4 Å². The van der Waals surface area contributed by atoms with Gasteiger partial charge in [-0.3, -0.25) is 0 Å². The second-order valence-electron chi connectivity index (χ2n) is 7.59. The van der Waals surface area contributed by atoms with Crippen LogP contribution in [0.25, 0.3) is 0 Å². The molecule has 0 amide bonds. The summed E-state index contributed by atoms with van der Waals surface area (Å²) in [6.07, 6.45) is 12.4. The molecule has 0 radical (unpaired) electrons. The van der Waals surface area contributed by atoms with Crippen molar-refractivity contribution in [3.63, 3.8) is 0 Å². The lowest BCUT2D eigenvalue weighted by Crippen LogP contribution is -2.29. The summed E-state index contributed by atoms with van der Waals surface area (Å²) in [7, 11) is 3.56. The summed E-state index contributed by atoms with van der Waals surface area (Å²) in [5.41, 5.74) is 1.10. The molecule has 3 atom stereocenters. The summed E-state index contributed by atoms with van der Waals surface area (Å²) in [6.45, 7) is 3.60. The summed E-state index contributed by atoms with van der Waals surface area (Å²) in [6, 6.07) is 9.85. The van der Waals surface area contributed by atoms with Gasteiger partial charge in [0, 0.05) is 19.6 Å². The number of allylic oxidation sites excluding steroid dienone is 3. The Morgan fingerprint density at radius 3 is 2.42 bits per heavy atom. The second kappa shape index (κ2) is 10.7. The molecule has 1 fully saturated rings. The molecule has 1 aromatic rings. The average Bonchev–Trinajstić information content (AvgIpc) is 2.97. The van der Waals surface area contributed by atoms with E-state index in [1.165, 1.54) is 0 Å². The van der Waals surface area contributed by atoms with Gasteiger partial charge in [-0.15, -0.1) is 0 Å². The van der Waals surface area contributed by atoms with E-state index in [9.17, 15) is 5.11 Å². The third kappa shape index (κ3) is 5.80. The highest BCUT2D eigenvalue weighted by Gasteiger charge is 2.43. The van der Waals surface area contributed by atoms with Gasteiger partial charge in [-0.1, -0.05) is 54.6 Å². The molecule has 0 bridgehead atoms. The molecule has 26 heavy (non-hydrogen) atoms. The average molecular weight is 359 g/mol. The van der Waals surface area contributed by atoms with Crippen LogP contribution in [0.3, 0.4) is 0 Å². The summed E-state index contributed by atoms with van der Waals surface area (Å²) in [5.74, 6) is 1.16. The number of ether oxygens (including phenoxy) is 2. The van der Waals surface area contributed by atoms with Crippen molar-refractivity contribution < 1.29 is 14.6 Å². The maximum absolute atomic E-state index is 10.3. The fourth-order valence-electron chi connectivity index (χ4n) is 4.39. The standard InChI is InChI=1S/C23H34O3/c1-4-10-20-15-23(17-25-2,18-26-3)16-21(20)13-8-9-14-22(24)19-11-6-5-7-12-19/h4-12,20-22,24H,13-18H2,1-3H3/b9-8+,10-4+. The number of aliphatic hydroxyl groups is 1. The molecular weight excluding hydrogens is 324 g/mol. The molecule has 1 aliphatic rings. The highest BCUT2D eigenvalue weighted by molar-refractivity contribution is 5.18. The quantitative estimate of drug-likeness (QED) is 0.602. The van der Waals surface area contributed by atoms with Gasteiger partial charge in [-0.2, -0.15) is 0 Å². The first kappa shape index (κ1) is 20.9. The third-order valence-corrected chi connectivity index (χ3v) is 5.46. The monoisotopic (exact) mass is 358 g/mol. The normalized spacial score (nSPS) is 23.8. The van der Waals surface area contributed by atoms with E-state index in [1.54, 1.807) is 14.2 Å². The van der Waals surface area contributed by atoms with Gasteiger partial charge in [0.15, 0.2) is 0 Å². The van der Waals surface area contributed by atoms with Gasteiger partial charge >= 0.3 is 0 Å². The van der Waals surface area contributed by atoms with E-state index >= 15 is 0 Å². The lowest BCUT2D eigenvalue weighted by atomic mass is 9.86. The number of hydrogen-bond acceptors (Lipinski definition) is 3. The van der Waals surface area contributed by atoms with Crippen LogP contribution in [0.5, 0.6) is 0 Å². The zero-order valence-corrected chi connectivity index (χ0v) is 16.4. The minimum atomic E-state index is -0.427. The van der Waals surface area contributed by atoms with E-state index in [1.807, 2.05) is 30.3 Å². The molecule has 1 N–H and O–H groups in total. The minimum absolute atomic E-state index is 0.121. The first-order valence-electron chi connectivity index (χ1n) is 9.63. The molecule has 2 rings (SSSR count). The highest BCUT2D eigenvalue weighted by atomic mass is 16.5. The van der Waals surface area contributed by atoms with Gasteiger partial charge in [0.05, 0.1) is 19.3 Å². The minimum Gasteiger partial charge on any atom is -0.388 e. The molecule has 0 spiro atoms. The Balaban J connectivity index is 1.93. The maximum atomic E-state index is 10.3. The van der Waals surface area contributed by atoms with Gasteiger partial charge < -0.3 is 14.6 Å². The zero-order chi connectivity index (χ0) is 18.8. The Morgan fingerprint density at radius 2 is 1.81 bits per heavy atom. The molecule has 0 aliphatic heterocycles. The van der Waals surface area contributed by atoms with E-state index in [-0.39, 0.29) is 5.41 Å². The third-order valence-electron chi connectivity index (χ3n) is 5.46. The lowest BCUT2D eigenvalue weighted by molar-refractivity contribution is 0.0111. The first-order chi connectivity index (χ1) is 12.6. The van der Waals surface area contributed by atoms with Gasteiger partial charge in [0.2, 0.25) is 0 Å². The number of rotatable bonds is 10. The Labute approximate surface area is 158 Å². The molecule has 1 aliphatic carbocycles. The number of aliphatic hydroxyl groups excluding tert-OH is 1. The number of benzene rings is 1. The predicted octanol–water partition coefficient (Wildman–Crippen LogP) is 4.94. The fourth-order valence-corrected chi connectivity index (χ4v) is 4.39. The molecule has 0 saturated heterocycles. The second-order valence-corrected chi connectivity index (χ2v) is 7.59. The SMILES string of the molecule is C/C=C/C1CC(COC)(COC)CC1C/C=C/CC(O)c1ccccc1. The highest BCUT2D eigenvalue weighted by Crippen LogP contribution is 2.48. The maximum Gasteiger partial charge on any atom is 0.0824 e. The summed E-state index contributed by atoms with van der Waals surface area (Å²) < 4.78 is 11.0. The Hall–Kier alpha value is -1.42. The van der Waals surface area contributed by atoms with Gasteiger partial charge in [-0.05, 0) is 50.0 Å². The zero-order valence-electron chi connectivity index (χ0n) is 16.4. The van der Waals surface area contributed by atoms with E-state index in [4.69, 9.17) is 9.47 Å². The van der Waals surface area contributed by atoms with Crippen molar-refractivity contribution in [3.05, 3.63) is 60.2 Å². The number of methoxy groups -OCH3 is 2. The largest absolute Gasteiger partial charge is 0.388 e. The van der Waals surface area contributed by atoms with Crippen LogP contribution in [-0.2, 0) is 9.47 Å². The van der Waals surface area contributed by atoms with Crippen LogP contribution in [0.15, 0.2) is 54.6 Å². The van der Waals surface area contributed by atoms with E-state index < -0.39 is 6.10 Å². The van der Waals surface area contributed by atoms with Crippen LogP contribution in [0.2, 0.25) is 0 Å². The smallest absolute Gasteiger partial charge is 0.0824 e. The molecular formula is C23H34O3.